The Morgan fingerprint density at radius 1 is 1.04 bits per heavy atom. The lowest BCUT2D eigenvalue weighted by atomic mass is 9.83. The third-order valence-electron chi connectivity index (χ3n) is 4.72. The summed E-state index contributed by atoms with van der Waals surface area (Å²) in [5, 5.41) is 3.84. The maximum absolute atomic E-state index is 12.9. The molecule has 3 rings (SSSR count). The zero-order valence-corrected chi connectivity index (χ0v) is 15.2. The lowest BCUT2D eigenvalue weighted by Crippen LogP contribution is -2.37. The Labute approximate surface area is 155 Å². The summed E-state index contributed by atoms with van der Waals surface area (Å²) in [5.74, 6) is -0.167. The largest absolute Gasteiger partial charge is 0.416 e. The number of carbonyl (C=O) groups excluding carboxylic acids is 1. The third kappa shape index (κ3) is 4.32. The zero-order chi connectivity index (χ0) is 19.7. The molecule has 0 spiro atoms. The number of fused-ring (bicyclic) bond motifs is 1. The van der Waals surface area contributed by atoms with E-state index in [1.807, 2.05) is 44.3 Å². The molecule has 2 N–H and O–H groups in total. The van der Waals surface area contributed by atoms with Gasteiger partial charge in [-0.1, -0.05) is 50.2 Å². The number of halogens is 3. The molecule has 0 atom stereocenters. The van der Waals surface area contributed by atoms with Gasteiger partial charge in [0.05, 0.1) is 12.0 Å². The molecule has 142 valence electrons. The van der Waals surface area contributed by atoms with Gasteiger partial charge in [0.25, 0.3) is 0 Å². The minimum Gasteiger partial charge on any atom is -0.361 e. The molecule has 0 fully saturated rings. The van der Waals surface area contributed by atoms with Crippen LogP contribution in [0.1, 0.15) is 30.5 Å². The van der Waals surface area contributed by atoms with Gasteiger partial charge < -0.3 is 10.3 Å². The molecule has 0 saturated carbocycles. The number of alkyl halides is 3. The van der Waals surface area contributed by atoms with Crippen molar-refractivity contribution in [2.75, 3.05) is 6.54 Å². The maximum Gasteiger partial charge on any atom is 0.416 e. The number of benzene rings is 2. The molecule has 3 nitrogen and oxygen atoms in total. The van der Waals surface area contributed by atoms with Gasteiger partial charge >= 0.3 is 6.18 Å². The molecule has 0 saturated heterocycles. The van der Waals surface area contributed by atoms with Crippen LogP contribution in [0, 0.1) is 0 Å². The monoisotopic (exact) mass is 374 g/mol. The Morgan fingerprint density at radius 2 is 1.74 bits per heavy atom. The Hall–Kier alpha value is -2.76. The van der Waals surface area contributed by atoms with Crippen LogP contribution in [0.25, 0.3) is 10.9 Å². The summed E-state index contributed by atoms with van der Waals surface area (Å²) in [5.41, 5.74) is 1.07. The van der Waals surface area contributed by atoms with E-state index in [0.717, 1.165) is 28.6 Å². The first kappa shape index (κ1) is 19.0. The van der Waals surface area contributed by atoms with Gasteiger partial charge in [0.1, 0.15) is 0 Å². The normalized spacial score (nSPS) is 12.3. The molecule has 1 aromatic heterocycles. The summed E-state index contributed by atoms with van der Waals surface area (Å²) >= 11 is 0. The second-order valence-corrected chi connectivity index (χ2v) is 7.28. The van der Waals surface area contributed by atoms with E-state index in [2.05, 4.69) is 10.3 Å². The topological polar surface area (TPSA) is 44.9 Å². The fraction of sp³-hybridized carbons (Fsp3) is 0.286. The van der Waals surface area contributed by atoms with Gasteiger partial charge in [0.2, 0.25) is 5.91 Å². The van der Waals surface area contributed by atoms with Crippen LogP contribution in [0.3, 0.4) is 0 Å². The van der Waals surface area contributed by atoms with Gasteiger partial charge in [-0.05, 0) is 23.3 Å². The molecule has 27 heavy (non-hydrogen) atoms. The average molecular weight is 374 g/mol. The fourth-order valence-corrected chi connectivity index (χ4v) is 3.05. The van der Waals surface area contributed by atoms with Crippen molar-refractivity contribution in [3.8, 4) is 0 Å². The average Bonchev–Trinajstić information content (AvgIpc) is 3.03. The van der Waals surface area contributed by atoms with E-state index in [1.165, 1.54) is 6.07 Å². The van der Waals surface area contributed by atoms with Crippen molar-refractivity contribution in [3.05, 3.63) is 71.4 Å². The molecule has 0 aliphatic rings. The Bertz CT molecular complexity index is 957. The van der Waals surface area contributed by atoms with Gasteiger partial charge in [-0.3, -0.25) is 4.79 Å². The van der Waals surface area contributed by atoms with Crippen LogP contribution in [0.4, 0.5) is 13.2 Å². The van der Waals surface area contributed by atoms with Gasteiger partial charge in [0.15, 0.2) is 0 Å². The van der Waals surface area contributed by atoms with E-state index in [4.69, 9.17) is 0 Å². The number of para-hydroxylation sites is 1. The minimum atomic E-state index is -4.38. The molecular formula is C21H21F3N2O. The van der Waals surface area contributed by atoms with Crippen LogP contribution in [-0.4, -0.2) is 17.4 Å². The SMILES string of the molecule is CC(C)(CNC(=O)Cc1c[nH]c2ccccc12)c1cccc(C(F)(F)F)c1. The van der Waals surface area contributed by atoms with E-state index in [0.29, 0.717) is 5.56 Å². The molecule has 1 heterocycles. The number of rotatable bonds is 5. The minimum absolute atomic E-state index is 0.167. The molecule has 0 radical (unpaired) electrons. The maximum atomic E-state index is 12.9. The van der Waals surface area contributed by atoms with E-state index >= 15 is 0 Å². The number of hydrogen-bond acceptors (Lipinski definition) is 1. The van der Waals surface area contributed by atoms with Crippen molar-refractivity contribution in [1.29, 1.82) is 0 Å². The molecule has 0 bridgehead atoms. The van der Waals surface area contributed by atoms with Crippen molar-refractivity contribution < 1.29 is 18.0 Å². The summed E-state index contributed by atoms with van der Waals surface area (Å²) in [6, 6.07) is 13.0. The van der Waals surface area contributed by atoms with Crippen LogP contribution in [0.5, 0.6) is 0 Å². The van der Waals surface area contributed by atoms with Crippen molar-refractivity contribution in [2.24, 2.45) is 0 Å². The zero-order valence-electron chi connectivity index (χ0n) is 15.2. The Balaban J connectivity index is 1.67. The first-order valence-corrected chi connectivity index (χ1v) is 8.66. The molecule has 0 aliphatic heterocycles. The second-order valence-electron chi connectivity index (χ2n) is 7.28. The number of amides is 1. The van der Waals surface area contributed by atoms with Crippen LogP contribution in [0.15, 0.2) is 54.7 Å². The number of aromatic nitrogens is 1. The quantitative estimate of drug-likeness (QED) is 0.661. The fourth-order valence-electron chi connectivity index (χ4n) is 3.05. The lowest BCUT2D eigenvalue weighted by molar-refractivity contribution is -0.137. The van der Waals surface area contributed by atoms with Gasteiger partial charge in [-0.2, -0.15) is 13.2 Å². The van der Waals surface area contributed by atoms with Crippen molar-refractivity contribution in [1.82, 2.24) is 10.3 Å². The summed E-state index contributed by atoms with van der Waals surface area (Å²) in [6.07, 6.45) is -2.37. The number of carbonyl (C=O) groups is 1. The summed E-state index contributed by atoms with van der Waals surface area (Å²) < 4.78 is 38.8. The van der Waals surface area contributed by atoms with Crippen molar-refractivity contribution in [2.45, 2.75) is 31.9 Å². The molecule has 0 unspecified atom stereocenters. The second kappa shape index (κ2) is 7.10. The van der Waals surface area contributed by atoms with Gasteiger partial charge in [0, 0.05) is 29.1 Å². The molecule has 0 aliphatic carbocycles. The molecule has 2 aromatic carbocycles. The molecule has 1 amide bonds. The Kier molecular flexibility index (Phi) is 5.00. The van der Waals surface area contributed by atoms with Crippen LogP contribution >= 0.6 is 0 Å². The molecule has 6 heteroatoms. The highest BCUT2D eigenvalue weighted by atomic mass is 19.4. The highest BCUT2D eigenvalue weighted by Crippen LogP contribution is 2.32. The van der Waals surface area contributed by atoms with Gasteiger partial charge in [-0.25, -0.2) is 0 Å². The molecule has 3 aromatic rings. The van der Waals surface area contributed by atoms with Gasteiger partial charge in [-0.15, -0.1) is 0 Å². The van der Waals surface area contributed by atoms with Crippen LogP contribution in [0.2, 0.25) is 0 Å². The van der Waals surface area contributed by atoms with Crippen molar-refractivity contribution in [3.63, 3.8) is 0 Å². The van der Waals surface area contributed by atoms with E-state index in [1.54, 1.807) is 6.07 Å². The summed E-state index contributed by atoms with van der Waals surface area (Å²) in [4.78, 5) is 15.5. The summed E-state index contributed by atoms with van der Waals surface area (Å²) in [6.45, 7) is 3.87. The van der Waals surface area contributed by atoms with Crippen LogP contribution < -0.4 is 5.32 Å². The smallest absolute Gasteiger partial charge is 0.361 e. The first-order valence-electron chi connectivity index (χ1n) is 8.66. The predicted molar refractivity (Wildman–Crippen MR) is 99.5 cm³/mol. The number of hydrogen-bond donors (Lipinski definition) is 2. The van der Waals surface area contributed by atoms with E-state index < -0.39 is 17.2 Å². The predicted octanol–water partition coefficient (Wildman–Crippen LogP) is 4.82. The van der Waals surface area contributed by atoms with Crippen molar-refractivity contribution >= 4 is 16.8 Å². The Morgan fingerprint density at radius 3 is 2.48 bits per heavy atom. The number of nitrogens with one attached hydrogen (secondary N) is 2. The van der Waals surface area contributed by atoms with E-state index in [9.17, 15) is 18.0 Å². The third-order valence-corrected chi connectivity index (χ3v) is 4.72. The van der Waals surface area contributed by atoms with E-state index in [-0.39, 0.29) is 18.9 Å². The standard InChI is InChI=1S/C21H21F3N2O/c1-20(2,15-6-5-7-16(11-15)21(22,23)24)13-26-19(27)10-14-12-25-18-9-4-3-8-17(14)18/h3-9,11-12,25H,10,13H2,1-2H3,(H,26,27). The summed E-state index contributed by atoms with van der Waals surface area (Å²) in [7, 11) is 0. The first-order chi connectivity index (χ1) is 12.7. The van der Waals surface area contributed by atoms with Crippen LogP contribution in [-0.2, 0) is 22.8 Å². The number of H-pyrrole nitrogens is 1. The highest BCUT2D eigenvalue weighted by molar-refractivity contribution is 5.88. The number of aromatic amines is 1. The molecular weight excluding hydrogens is 353 g/mol. The highest BCUT2D eigenvalue weighted by Gasteiger charge is 2.32. The lowest BCUT2D eigenvalue weighted by Gasteiger charge is -2.26.